The summed E-state index contributed by atoms with van der Waals surface area (Å²) in [6.45, 7) is 7.57. The van der Waals surface area contributed by atoms with Gasteiger partial charge in [0, 0.05) is 19.1 Å². The molecule has 2 fully saturated rings. The van der Waals surface area contributed by atoms with Gasteiger partial charge in [-0.3, -0.25) is 4.90 Å². The lowest BCUT2D eigenvalue weighted by molar-refractivity contribution is -0.0352. The van der Waals surface area contributed by atoms with Gasteiger partial charge < -0.3 is 18.9 Å². The Balaban J connectivity index is 0.00000158. The average Bonchev–Trinajstić information content (AvgIpc) is 3.38. The molecular formula is C29H43NO4. The van der Waals surface area contributed by atoms with Crippen molar-refractivity contribution >= 4 is 0 Å². The van der Waals surface area contributed by atoms with E-state index in [1.807, 2.05) is 19.9 Å². The second-order valence-electron chi connectivity index (χ2n) is 8.90. The van der Waals surface area contributed by atoms with Crippen molar-refractivity contribution in [2.45, 2.75) is 77.2 Å². The van der Waals surface area contributed by atoms with Gasteiger partial charge in [-0.15, -0.1) is 0 Å². The maximum atomic E-state index is 6.45. The van der Waals surface area contributed by atoms with E-state index in [-0.39, 0.29) is 0 Å². The molecule has 3 atom stereocenters. The van der Waals surface area contributed by atoms with Crippen LogP contribution in [0.4, 0.5) is 0 Å². The Bertz CT molecular complexity index is 828. The molecule has 1 saturated carbocycles. The number of methoxy groups -OCH3 is 2. The van der Waals surface area contributed by atoms with Crippen molar-refractivity contribution in [2.75, 3.05) is 33.9 Å². The van der Waals surface area contributed by atoms with Crippen LogP contribution in [0.5, 0.6) is 11.5 Å². The first-order chi connectivity index (χ1) is 16.8. The highest BCUT2D eigenvalue weighted by Crippen LogP contribution is 2.30. The zero-order chi connectivity index (χ0) is 24.2. The zero-order valence-corrected chi connectivity index (χ0v) is 21.5. The number of benzene rings is 2. The maximum Gasteiger partial charge on any atom is 0.160 e. The monoisotopic (exact) mass is 469 g/mol. The molecule has 34 heavy (non-hydrogen) atoms. The van der Waals surface area contributed by atoms with Gasteiger partial charge in [0.15, 0.2) is 11.5 Å². The Labute approximate surface area is 206 Å². The molecule has 2 aromatic rings. The summed E-state index contributed by atoms with van der Waals surface area (Å²) < 4.78 is 23.4. The van der Waals surface area contributed by atoms with Crippen LogP contribution in [0.25, 0.3) is 0 Å². The molecule has 0 radical (unpaired) electrons. The quantitative estimate of drug-likeness (QED) is 0.434. The van der Waals surface area contributed by atoms with Gasteiger partial charge in [0.1, 0.15) is 0 Å². The number of hydrogen-bond donors (Lipinski definition) is 0. The van der Waals surface area contributed by atoms with Gasteiger partial charge in [-0.2, -0.15) is 0 Å². The third kappa shape index (κ3) is 7.46. The van der Waals surface area contributed by atoms with Crippen molar-refractivity contribution in [3.05, 3.63) is 59.7 Å². The molecule has 4 rings (SSSR count). The number of ether oxygens (including phenoxy) is 4. The van der Waals surface area contributed by atoms with Gasteiger partial charge in [-0.05, 0) is 48.9 Å². The fourth-order valence-electron chi connectivity index (χ4n) is 5.03. The molecule has 0 spiro atoms. The third-order valence-electron chi connectivity index (χ3n) is 6.81. The van der Waals surface area contributed by atoms with Crippen LogP contribution in [0.3, 0.4) is 0 Å². The molecule has 3 unspecified atom stereocenters. The highest BCUT2D eigenvalue weighted by Gasteiger charge is 2.35. The first-order valence-electron chi connectivity index (χ1n) is 13.0. The summed E-state index contributed by atoms with van der Waals surface area (Å²) in [4.78, 5) is 2.62. The van der Waals surface area contributed by atoms with Gasteiger partial charge in [0.2, 0.25) is 0 Å². The van der Waals surface area contributed by atoms with E-state index < -0.39 is 0 Å². The summed E-state index contributed by atoms with van der Waals surface area (Å²) in [7, 11) is 3.34. The van der Waals surface area contributed by atoms with E-state index >= 15 is 0 Å². The van der Waals surface area contributed by atoms with Gasteiger partial charge in [0.25, 0.3) is 0 Å². The fourth-order valence-corrected chi connectivity index (χ4v) is 5.03. The predicted octanol–water partition coefficient (Wildman–Crippen LogP) is 5.89. The molecule has 1 aliphatic carbocycles. The highest BCUT2D eigenvalue weighted by atomic mass is 16.5. The molecule has 1 saturated heterocycles. The van der Waals surface area contributed by atoms with Crippen molar-refractivity contribution in [1.29, 1.82) is 0 Å². The van der Waals surface area contributed by atoms with E-state index in [2.05, 4.69) is 47.4 Å². The molecule has 0 amide bonds. The van der Waals surface area contributed by atoms with E-state index in [4.69, 9.17) is 18.9 Å². The Morgan fingerprint density at radius 2 is 1.59 bits per heavy atom. The minimum absolute atomic E-state index is 0.316. The van der Waals surface area contributed by atoms with Crippen LogP contribution in [0, 0.1) is 0 Å². The van der Waals surface area contributed by atoms with Crippen molar-refractivity contribution in [3.8, 4) is 11.5 Å². The lowest BCUT2D eigenvalue weighted by Crippen LogP contribution is -2.46. The molecule has 0 aromatic heterocycles. The molecule has 188 valence electrons. The van der Waals surface area contributed by atoms with Crippen LogP contribution in [0.2, 0.25) is 0 Å². The summed E-state index contributed by atoms with van der Waals surface area (Å²) in [6.07, 6.45) is 7.58. The first-order valence-corrected chi connectivity index (χ1v) is 13.0. The summed E-state index contributed by atoms with van der Waals surface area (Å²) in [5.41, 5.74) is 2.46. The minimum Gasteiger partial charge on any atom is -0.493 e. The van der Waals surface area contributed by atoms with Crippen molar-refractivity contribution < 1.29 is 18.9 Å². The molecule has 5 heteroatoms. The van der Waals surface area contributed by atoms with Crippen molar-refractivity contribution in [3.63, 3.8) is 0 Å². The van der Waals surface area contributed by atoms with Crippen molar-refractivity contribution in [2.24, 2.45) is 0 Å². The third-order valence-corrected chi connectivity index (χ3v) is 6.81. The predicted molar refractivity (Wildman–Crippen MR) is 138 cm³/mol. The molecule has 0 N–H and O–H groups in total. The SMILES string of the molecule is CC.COc1ccc(CCOC2CCCCC2N2CCC(OCc3ccccc3)C2)cc1OC. The van der Waals surface area contributed by atoms with Crippen LogP contribution in [0.1, 0.15) is 57.1 Å². The van der Waals surface area contributed by atoms with Crippen molar-refractivity contribution in [1.82, 2.24) is 4.90 Å². The number of nitrogens with zero attached hydrogens (tertiary/aromatic N) is 1. The second kappa shape index (κ2) is 14.3. The number of likely N-dealkylation sites (tertiary alicyclic amines) is 1. The van der Waals surface area contributed by atoms with Crippen LogP contribution >= 0.6 is 0 Å². The molecule has 1 aliphatic heterocycles. The number of hydrogen-bond acceptors (Lipinski definition) is 5. The van der Waals surface area contributed by atoms with Gasteiger partial charge >= 0.3 is 0 Å². The number of rotatable bonds is 10. The lowest BCUT2D eigenvalue weighted by atomic mass is 9.91. The Morgan fingerprint density at radius 3 is 2.35 bits per heavy atom. The van der Waals surface area contributed by atoms with Gasteiger partial charge in [-0.1, -0.05) is 63.1 Å². The smallest absolute Gasteiger partial charge is 0.160 e. The maximum absolute atomic E-state index is 6.45. The van der Waals surface area contributed by atoms with Crippen LogP contribution in [-0.4, -0.2) is 57.1 Å². The fraction of sp³-hybridized carbons (Fsp3) is 0.586. The molecule has 2 aliphatic rings. The molecule has 0 bridgehead atoms. The molecule has 2 aromatic carbocycles. The van der Waals surface area contributed by atoms with E-state index in [1.165, 1.54) is 30.4 Å². The van der Waals surface area contributed by atoms with Crippen LogP contribution in [0.15, 0.2) is 48.5 Å². The van der Waals surface area contributed by atoms with E-state index in [1.54, 1.807) is 14.2 Å². The largest absolute Gasteiger partial charge is 0.493 e. The summed E-state index contributed by atoms with van der Waals surface area (Å²) in [6, 6.07) is 17.1. The zero-order valence-electron chi connectivity index (χ0n) is 21.5. The summed E-state index contributed by atoms with van der Waals surface area (Å²) >= 11 is 0. The molecular weight excluding hydrogens is 426 g/mol. The Kier molecular flexibility index (Phi) is 11.2. The normalized spacial score (nSPS) is 22.6. The standard InChI is InChI=1S/C27H37NO4.C2H6/c1-29-26-13-12-21(18-27(26)30-2)15-17-31-25-11-7-6-10-24(25)28-16-14-23(19-28)32-20-22-8-4-3-5-9-22;1-2/h3-5,8-9,12-13,18,23-25H,6-7,10-11,14-17,19-20H2,1-2H3;1-2H3. The van der Waals surface area contributed by atoms with Crippen LogP contribution < -0.4 is 9.47 Å². The van der Waals surface area contributed by atoms with Crippen LogP contribution in [-0.2, 0) is 22.5 Å². The lowest BCUT2D eigenvalue weighted by Gasteiger charge is -2.37. The minimum atomic E-state index is 0.316. The summed E-state index contributed by atoms with van der Waals surface area (Å²) in [5, 5.41) is 0. The Morgan fingerprint density at radius 1 is 0.824 bits per heavy atom. The molecule has 5 nitrogen and oxygen atoms in total. The molecule has 1 heterocycles. The average molecular weight is 470 g/mol. The van der Waals surface area contributed by atoms with Gasteiger partial charge in [0.05, 0.1) is 39.6 Å². The first kappa shape index (κ1) is 26.5. The topological polar surface area (TPSA) is 40.2 Å². The summed E-state index contributed by atoms with van der Waals surface area (Å²) in [5.74, 6) is 1.54. The highest BCUT2D eigenvalue weighted by molar-refractivity contribution is 5.42. The van der Waals surface area contributed by atoms with Gasteiger partial charge in [-0.25, -0.2) is 0 Å². The second-order valence-corrected chi connectivity index (χ2v) is 8.90. The van der Waals surface area contributed by atoms with E-state index in [0.717, 1.165) is 50.5 Å². The van der Waals surface area contributed by atoms with E-state index in [9.17, 15) is 0 Å². The van der Waals surface area contributed by atoms with E-state index in [0.29, 0.717) is 24.9 Å². The Hall–Kier alpha value is -2.08.